The molecule has 0 bridgehead atoms. The first kappa shape index (κ1) is 21.5. The van der Waals surface area contributed by atoms with E-state index in [1.165, 1.54) is 17.1 Å². The van der Waals surface area contributed by atoms with E-state index in [1.54, 1.807) is 0 Å². The molecule has 0 unspecified atom stereocenters. The van der Waals surface area contributed by atoms with Gasteiger partial charge in [-0.2, -0.15) is 5.10 Å². The number of hydrogen-bond acceptors (Lipinski definition) is 3. The van der Waals surface area contributed by atoms with Gasteiger partial charge >= 0.3 is 6.09 Å². The molecule has 0 radical (unpaired) electrons. The standard InChI is InChI=1S/C23H36N4O2/c1-16-9-10-17(2)27(16)20-13-19(22(3,4)5)26(24-20)15-18-11-12-25(14-18)21(28)29-23(6,7)8/h9-10,13,18H,11-12,14-15H2,1-8H3/t18-/m1/s1. The number of hydrogen-bond donors (Lipinski definition) is 0. The van der Waals surface area contributed by atoms with Gasteiger partial charge < -0.3 is 14.2 Å². The highest BCUT2D eigenvalue weighted by Gasteiger charge is 2.31. The second-order valence-corrected chi connectivity index (χ2v) is 10.4. The quantitative estimate of drug-likeness (QED) is 0.740. The normalized spacial score (nSPS) is 17.8. The van der Waals surface area contributed by atoms with Crippen molar-refractivity contribution < 1.29 is 9.53 Å². The van der Waals surface area contributed by atoms with Gasteiger partial charge in [0.15, 0.2) is 5.82 Å². The summed E-state index contributed by atoms with van der Waals surface area (Å²) < 4.78 is 9.89. The number of ether oxygens (including phenoxy) is 1. The fourth-order valence-corrected chi connectivity index (χ4v) is 4.00. The van der Waals surface area contributed by atoms with Crippen molar-refractivity contribution in [3.05, 3.63) is 35.3 Å². The lowest BCUT2D eigenvalue weighted by Gasteiger charge is -2.25. The largest absolute Gasteiger partial charge is 0.444 e. The zero-order chi connectivity index (χ0) is 21.6. The van der Waals surface area contributed by atoms with Gasteiger partial charge in [0.05, 0.1) is 0 Å². The van der Waals surface area contributed by atoms with Crippen LogP contribution in [0.25, 0.3) is 5.82 Å². The summed E-state index contributed by atoms with van der Waals surface area (Å²) in [6.07, 6.45) is 0.760. The smallest absolute Gasteiger partial charge is 0.410 e. The van der Waals surface area contributed by atoms with Crippen LogP contribution in [0, 0.1) is 19.8 Å². The molecule has 1 saturated heterocycles. The van der Waals surface area contributed by atoms with E-state index in [0.29, 0.717) is 5.92 Å². The van der Waals surface area contributed by atoms with Crippen LogP contribution in [0.1, 0.15) is 65.0 Å². The zero-order valence-electron chi connectivity index (χ0n) is 19.2. The Labute approximate surface area is 174 Å². The number of likely N-dealkylation sites (tertiary alicyclic amines) is 1. The van der Waals surface area contributed by atoms with Crippen molar-refractivity contribution in [1.29, 1.82) is 0 Å². The number of aryl methyl sites for hydroxylation is 2. The molecule has 6 heteroatoms. The number of amides is 1. The first-order valence-corrected chi connectivity index (χ1v) is 10.6. The Morgan fingerprint density at radius 1 is 1.14 bits per heavy atom. The molecule has 0 saturated carbocycles. The van der Waals surface area contributed by atoms with E-state index in [1.807, 2.05) is 25.7 Å². The van der Waals surface area contributed by atoms with Crippen LogP contribution in [0.3, 0.4) is 0 Å². The van der Waals surface area contributed by atoms with Crippen molar-refractivity contribution in [3.63, 3.8) is 0 Å². The van der Waals surface area contributed by atoms with Crippen LogP contribution in [0.2, 0.25) is 0 Å². The van der Waals surface area contributed by atoms with Crippen LogP contribution in [0.15, 0.2) is 18.2 Å². The maximum atomic E-state index is 12.4. The van der Waals surface area contributed by atoms with E-state index in [0.717, 1.165) is 31.9 Å². The first-order chi connectivity index (χ1) is 13.3. The Balaban J connectivity index is 1.80. The summed E-state index contributed by atoms with van der Waals surface area (Å²) in [5.41, 5.74) is 3.12. The van der Waals surface area contributed by atoms with Gasteiger partial charge in [-0.15, -0.1) is 0 Å². The molecule has 1 aliphatic heterocycles. The van der Waals surface area contributed by atoms with E-state index < -0.39 is 5.60 Å². The molecule has 0 N–H and O–H groups in total. The average Bonchev–Trinajstić information content (AvgIpc) is 3.25. The molecule has 3 heterocycles. The van der Waals surface area contributed by atoms with Crippen molar-refractivity contribution in [2.75, 3.05) is 13.1 Å². The molecule has 160 valence electrons. The van der Waals surface area contributed by atoms with Gasteiger partial charge in [-0.1, -0.05) is 20.8 Å². The molecule has 0 spiro atoms. The number of nitrogens with zero attached hydrogens (tertiary/aromatic N) is 4. The minimum absolute atomic E-state index is 0.0102. The zero-order valence-corrected chi connectivity index (χ0v) is 19.2. The van der Waals surface area contributed by atoms with Gasteiger partial charge in [0.1, 0.15) is 5.60 Å². The molecule has 0 aromatic carbocycles. The van der Waals surface area contributed by atoms with Crippen LogP contribution >= 0.6 is 0 Å². The topological polar surface area (TPSA) is 52.3 Å². The van der Waals surface area contributed by atoms with Crippen LogP contribution in [-0.2, 0) is 16.7 Å². The highest BCUT2D eigenvalue weighted by atomic mass is 16.6. The molecule has 2 aromatic rings. The summed E-state index contributed by atoms with van der Waals surface area (Å²) in [5, 5.41) is 4.98. The maximum Gasteiger partial charge on any atom is 0.410 e. The number of carbonyl (C=O) groups excluding carboxylic acids is 1. The van der Waals surface area contributed by atoms with Gasteiger partial charge in [0.2, 0.25) is 0 Å². The molecule has 1 amide bonds. The van der Waals surface area contributed by atoms with Crippen molar-refractivity contribution in [1.82, 2.24) is 19.2 Å². The van der Waals surface area contributed by atoms with Gasteiger partial charge in [0, 0.05) is 48.2 Å². The molecule has 6 nitrogen and oxygen atoms in total. The van der Waals surface area contributed by atoms with Gasteiger partial charge in [-0.3, -0.25) is 4.68 Å². The Kier molecular flexibility index (Phi) is 5.58. The molecule has 1 aliphatic rings. The summed E-state index contributed by atoms with van der Waals surface area (Å²) >= 11 is 0. The van der Waals surface area contributed by atoms with Crippen molar-refractivity contribution in [2.24, 2.45) is 5.92 Å². The van der Waals surface area contributed by atoms with E-state index >= 15 is 0 Å². The van der Waals surface area contributed by atoms with Crippen LogP contribution < -0.4 is 0 Å². The summed E-state index contributed by atoms with van der Waals surface area (Å²) in [6, 6.07) is 6.46. The lowest BCUT2D eigenvalue weighted by molar-refractivity contribution is 0.0286. The summed E-state index contributed by atoms with van der Waals surface area (Å²) in [6.45, 7) is 18.9. The molecule has 1 fully saturated rings. The number of carbonyl (C=O) groups is 1. The van der Waals surface area contributed by atoms with Crippen LogP contribution in [-0.4, -0.2) is 44.0 Å². The fourth-order valence-electron chi connectivity index (χ4n) is 4.00. The Morgan fingerprint density at radius 3 is 2.31 bits per heavy atom. The molecular formula is C23H36N4O2. The van der Waals surface area contributed by atoms with Crippen molar-refractivity contribution in [2.45, 2.75) is 79.4 Å². The fraction of sp³-hybridized carbons (Fsp3) is 0.652. The third-order valence-corrected chi connectivity index (χ3v) is 5.40. The highest BCUT2D eigenvalue weighted by Crippen LogP contribution is 2.28. The van der Waals surface area contributed by atoms with Gasteiger partial charge in [-0.05, 0) is 59.1 Å². The lowest BCUT2D eigenvalue weighted by Crippen LogP contribution is -2.35. The third kappa shape index (κ3) is 4.85. The summed E-state index contributed by atoms with van der Waals surface area (Å²) in [4.78, 5) is 14.2. The van der Waals surface area contributed by atoms with Gasteiger partial charge in [-0.25, -0.2) is 4.79 Å². The van der Waals surface area contributed by atoms with Crippen molar-refractivity contribution in [3.8, 4) is 5.82 Å². The molecular weight excluding hydrogens is 364 g/mol. The number of aromatic nitrogens is 3. The minimum atomic E-state index is -0.460. The Morgan fingerprint density at radius 2 is 1.76 bits per heavy atom. The maximum absolute atomic E-state index is 12.4. The van der Waals surface area contributed by atoms with E-state index in [4.69, 9.17) is 9.84 Å². The van der Waals surface area contributed by atoms with E-state index in [-0.39, 0.29) is 11.5 Å². The molecule has 3 rings (SSSR count). The SMILES string of the molecule is Cc1ccc(C)n1-c1cc(C(C)(C)C)n(C[C@@H]2CCN(C(=O)OC(C)(C)C)C2)n1. The van der Waals surface area contributed by atoms with E-state index in [9.17, 15) is 4.79 Å². The second kappa shape index (κ2) is 7.54. The minimum Gasteiger partial charge on any atom is -0.444 e. The number of rotatable bonds is 3. The van der Waals surface area contributed by atoms with Gasteiger partial charge in [0.25, 0.3) is 0 Å². The lowest BCUT2D eigenvalue weighted by atomic mass is 9.92. The second-order valence-electron chi connectivity index (χ2n) is 10.4. The summed E-state index contributed by atoms with van der Waals surface area (Å²) in [5.74, 6) is 1.35. The molecule has 29 heavy (non-hydrogen) atoms. The molecule has 2 aromatic heterocycles. The van der Waals surface area contributed by atoms with Crippen LogP contribution in [0.5, 0.6) is 0 Å². The van der Waals surface area contributed by atoms with Crippen molar-refractivity contribution >= 4 is 6.09 Å². The predicted octanol–water partition coefficient (Wildman–Crippen LogP) is 4.85. The summed E-state index contributed by atoms with van der Waals surface area (Å²) in [7, 11) is 0. The highest BCUT2D eigenvalue weighted by molar-refractivity contribution is 5.68. The molecule has 0 aliphatic carbocycles. The van der Waals surface area contributed by atoms with E-state index in [2.05, 4.69) is 62.1 Å². The Bertz CT molecular complexity index is 860. The Hall–Kier alpha value is -2.24. The predicted molar refractivity (Wildman–Crippen MR) is 116 cm³/mol. The van der Waals surface area contributed by atoms with Crippen LogP contribution in [0.4, 0.5) is 4.79 Å². The first-order valence-electron chi connectivity index (χ1n) is 10.6. The molecule has 1 atom stereocenters. The third-order valence-electron chi connectivity index (χ3n) is 5.40. The monoisotopic (exact) mass is 400 g/mol. The average molecular weight is 401 g/mol.